The molecule has 1 aliphatic rings. The van der Waals surface area contributed by atoms with Crippen molar-refractivity contribution in [3.8, 4) is 17.3 Å². The van der Waals surface area contributed by atoms with E-state index < -0.39 is 27.9 Å². The fraction of sp³-hybridized carbons (Fsp3) is 0.400. The van der Waals surface area contributed by atoms with Gasteiger partial charge in [-0.25, -0.2) is 13.4 Å². The van der Waals surface area contributed by atoms with Gasteiger partial charge in [-0.1, -0.05) is 6.07 Å². The predicted molar refractivity (Wildman–Crippen MR) is 112 cm³/mol. The second-order valence-corrected chi connectivity index (χ2v) is 10.3. The Kier molecular flexibility index (Phi) is 5.35. The maximum Gasteiger partial charge on any atom is 0.388 e. The van der Waals surface area contributed by atoms with Gasteiger partial charge in [0.05, 0.1) is 33.8 Å². The second kappa shape index (κ2) is 7.76. The van der Waals surface area contributed by atoms with Crippen molar-refractivity contribution in [1.82, 2.24) is 25.1 Å². The van der Waals surface area contributed by atoms with Crippen LogP contribution in [0.15, 0.2) is 30.5 Å². The number of hydrogen-bond acceptors (Lipinski definition) is 7. The molecule has 1 N–H and O–H groups in total. The van der Waals surface area contributed by atoms with E-state index in [-0.39, 0.29) is 29.0 Å². The molecular weight excluding hydrogens is 444 g/mol. The highest BCUT2D eigenvalue weighted by Gasteiger charge is 2.45. The largest absolute Gasteiger partial charge is 0.417 e. The first-order valence-corrected chi connectivity index (χ1v) is 11.6. The van der Waals surface area contributed by atoms with Crippen molar-refractivity contribution in [3.63, 3.8) is 0 Å². The zero-order valence-corrected chi connectivity index (χ0v) is 18.4. The number of aromatic nitrogens is 4. The monoisotopic (exact) mass is 465 g/mol. The average molecular weight is 465 g/mol. The second-order valence-electron chi connectivity index (χ2n) is 8.27. The normalized spacial score (nSPS) is 16.8. The molecule has 1 saturated heterocycles. The molecule has 0 bridgehead atoms. The Morgan fingerprint density at radius 3 is 2.62 bits per heavy atom. The van der Waals surface area contributed by atoms with E-state index in [9.17, 15) is 22.0 Å². The van der Waals surface area contributed by atoms with Crippen LogP contribution in [-0.2, 0) is 9.84 Å². The van der Waals surface area contributed by atoms with Crippen molar-refractivity contribution in [1.29, 1.82) is 0 Å². The van der Waals surface area contributed by atoms with Crippen LogP contribution in [0.4, 0.5) is 8.78 Å². The van der Waals surface area contributed by atoms with Crippen molar-refractivity contribution in [2.45, 2.75) is 39.0 Å². The Balaban J connectivity index is 1.71. The molecule has 0 saturated carbocycles. The molecule has 12 heteroatoms. The van der Waals surface area contributed by atoms with Crippen LogP contribution < -0.4 is 10.1 Å². The molecule has 170 valence electrons. The Bertz CT molecular complexity index is 1290. The van der Waals surface area contributed by atoms with E-state index in [1.807, 2.05) is 13.8 Å². The molecule has 0 aliphatic carbocycles. The first-order valence-electron chi connectivity index (χ1n) is 9.80. The number of halogens is 2. The zero-order valence-electron chi connectivity index (χ0n) is 17.5. The first-order chi connectivity index (χ1) is 15.0. The SMILES string of the molecule is CC(C)n1nc(-c2cccc(OC(F)F)n2)c2ncc(C(=O)NC3(C)CS(=O)(=O)C3)cc21. The van der Waals surface area contributed by atoms with Crippen LogP contribution in [0.2, 0.25) is 0 Å². The van der Waals surface area contributed by atoms with Gasteiger partial charge in [0, 0.05) is 18.3 Å². The van der Waals surface area contributed by atoms with Gasteiger partial charge >= 0.3 is 6.61 Å². The Morgan fingerprint density at radius 1 is 1.28 bits per heavy atom. The fourth-order valence-corrected chi connectivity index (χ4v) is 5.76. The molecule has 0 radical (unpaired) electrons. The minimum atomic E-state index is -3.12. The summed E-state index contributed by atoms with van der Waals surface area (Å²) in [6.45, 7) is 2.46. The molecule has 4 heterocycles. The molecule has 3 aromatic heterocycles. The smallest absolute Gasteiger partial charge is 0.388 e. The van der Waals surface area contributed by atoms with E-state index >= 15 is 0 Å². The first kappa shape index (κ1) is 22.1. The van der Waals surface area contributed by atoms with Crippen LogP contribution in [-0.4, -0.2) is 57.7 Å². The highest BCUT2D eigenvalue weighted by Crippen LogP contribution is 2.30. The predicted octanol–water partition coefficient (Wildman–Crippen LogP) is 2.59. The Morgan fingerprint density at radius 2 is 2.00 bits per heavy atom. The lowest BCUT2D eigenvalue weighted by atomic mass is 10.1. The quantitative estimate of drug-likeness (QED) is 0.595. The van der Waals surface area contributed by atoms with E-state index in [1.54, 1.807) is 23.7 Å². The van der Waals surface area contributed by atoms with Gasteiger partial charge in [-0.15, -0.1) is 0 Å². The number of alkyl halides is 2. The molecule has 32 heavy (non-hydrogen) atoms. The van der Waals surface area contributed by atoms with Crippen LogP contribution in [0.25, 0.3) is 22.4 Å². The van der Waals surface area contributed by atoms with Gasteiger partial charge in [0.25, 0.3) is 5.91 Å². The number of rotatable bonds is 6. The van der Waals surface area contributed by atoms with Crippen molar-refractivity contribution < 1.29 is 26.7 Å². The van der Waals surface area contributed by atoms with Gasteiger partial charge < -0.3 is 10.1 Å². The molecule has 0 spiro atoms. The molecule has 0 unspecified atom stereocenters. The number of nitrogens with zero attached hydrogens (tertiary/aromatic N) is 4. The van der Waals surface area contributed by atoms with Crippen molar-refractivity contribution in [2.75, 3.05) is 11.5 Å². The standard InChI is InChI=1S/C20H21F2N5O4S/c1-11(2)27-14-7-12(18(28)25-20(3)9-32(29,30)10-20)8-23-17(14)16(26-27)13-5-4-6-15(24-13)31-19(21)22/h4-8,11,19H,9-10H2,1-3H3,(H,25,28). The molecule has 0 aromatic carbocycles. The van der Waals surface area contributed by atoms with Crippen LogP contribution in [0, 0.1) is 0 Å². The van der Waals surface area contributed by atoms with Crippen LogP contribution in [0.5, 0.6) is 5.88 Å². The maximum atomic E-state index is 12.7. The molecule has 3 aromatic rings. The topological polar surface area (TPSA) is 116 Å². The number of hydrogen-bond donors (Lipinski definition) is 1. The van der Waals surface area contributed by atoms with Crippen molar-refractivity contribution in [2.24, 2.45) is 0 Å². The van der Waals surface area contributed by atoms with E-state index in [2.05, 4.69) is 25.1 Å². The van der Waals surface area contributed by atoms with Crippen molar-refractivity contribution in [3.05, 3.63) is 36.0 Å². The van der Waals surface area contributed by atoms with Gasteiger partial charge in [-0.3, -0.25) is 14.5 Å². The minimum Gasteiger partial charge on any atom is -0.417 e. The number of ether oxygens (including phenoxy) is 1. The molecule has 0 atom stereocenters. The number of nitrogens with one attached hydrogen (secondary N) is 1. The highest BCUT2D eigenvalue weighted by molar-refractivity contribution is 7.93. The van der Waals surface area contributed by atoms with Crippen LogP contribution >= 0.6 is 0 Å². The number of carbonyl (C=O) groups is 1. The minimum absolute atomic E-state index is 0.0962. The summed E-state index contributed by atoms with van der Waals surface area (Å²) in [5.74, 6) is -0.916. The van der Waals surface area contributed by atoms with Gasteiger partial charge in [0.2, 0.25) is 5.88 Å². The van der Waals surface area contributed by atoms with Gasteiger partial charge in [0.15, 0.2) is 9.84 Å². The van der Waals surface area contributed by atoms with Crippen LogP contribution in [0.1, 0.15) is 37.2 Å². The van der Waals surface area contributed by atoms with E-state index in [0.717, 1.165) is 0 Å². The average Bonchev–Trinajstić information content (AvgIpc) is 3.05. The van der Waals surface area contributed by atoms with Gasteiger partial charge in [0.1, 0.15) is 11.2 Å². The fourth-order valence-electron chi connectivity index (χ4n) is 3.76. The summed E-state index contributed by atoms with van der Waals surface area (Å²) in [6, 6.07) is 5.96. The molecule has 4 rings (SSSR count). The molecule has 1 aliphatic heterocycles. The summed E-state index contributed by atoms with van der Waals surface area (Å²) in [5.41, 5.74) is 1.08. The Hall–Kier alpha value is -3.15. The Labute approximate surface area is 182 Å². The lowest BCUT2D eigenvalue weighted by Crippen LogP contribution is -2.63. The zero-order chi connectivity index (χ0) is 23.3. The number of pyridine rings is 2. The molecule has 1 fully saturated rings. The summed E-state index contributed by atoms with van der Waals surface area (Å²) in [5, 5.41) is 7.29. The molecule has 9 nitrogen and oxygen atoms in total. The third-order valence-electron chi connectivity index (χ3n) is 4.97. The van der Waals surface area contributed by atoms with E-state index in [4.69, 9.17) is 0 Å². The summed E-state index contributed by atoms with van der Waals surface area (Å²) in [4.78, 5) is 21.2. The third-order valence-corrected chi connectivity index (χ3v) is 7.12. The van der Waals surface area contributed by atoms with Crippen LogP contribution in [0.3, 0.4) is 0 Å². The van der Waals surface area contributed by atoms with E-state index in [1.165, 1.54) is 18.3 Å². The van der Waals surface area contributed by atoms with E-state index in [0.29, 0.717) is 22.4 Å². The lowest BCUT2D eigenvalue weighted by Gasteiger charge is -2.38. The molecular formula is C20H21F2N5O4S. The lowest BCUT2D eigenvalue weighted by molar-refractivity contribution is -0.0527. The summed E-state index contributed by atoms with van der Waals surface area (Å²) in [6.07, 6.45) is 1.36. The number of amides is 1. The number of carbonyl (C=O) groups excluding carboxylic acids is 1. The summed E-state index contributed by atoms with van der Waals surface area (Å²) < 4.78 is 54.2. The summed E-state index contributed by atoms with van der Waals surface area (Å²) in [7, 11) is -3.12. The van der Waals surface area contributed by atoms with Gasteiger partial charge in [-0.05, 0) is 32.9 Å². The number of fused-ring (bicyclic) bond motifs is 1. The highest BCUT2D eigenvalue weighted by atomic mass is 32.2. The van der Waals surface area contributed by atoms with Gasteiger partial charge in [-0.2, -0.15) is 13.9 Å². The van der Waals surface area contributed by atoms with Crippen molar-refractivity contribution >= 4 is 26.8 Å². The summed E-state index contributed by atoms with van der Waals surface area (Å²) >= 11 is 0. The molecule has 1 amide bonds. The maximum absolute atomic E-state index is 12.7. The third kappa shape index (κ3) is 4.27. The number of sulfone groups is 1.